The first-order valence-electron chi connectivity index (χ1n) is 5.39. The van der Waals surface area contributed by atoms with Crippen LogP contribution in [0.15, 0.2) is 42.0 Å². The van der Waals surface area contributed by atoms with Crippen LogP contribution in [0.3, 0.4) is 0 Å². The van der Waals surface area contributed by atoms with Gasteiger partial charge in [0, 0.05) is 18.1 Å². The molecule has 6 heteroatoms. The van der Waals surface area contributed by atoms with Gasteiger partial charge in [-0.1, -0.05) is 18.2 Å². The molecule has 0 aromatic heterocycles. The molecule has 0 amide bonds. The summed E-state index contributed by atoms with van der Waals surface area (Å²) in [6.45, 7) is -0.195. The molecule has 0 aliphatic heterocycles. The van der Waals surface area contributed by atoms with Crippen molar-refractivity contribution in [3.05, 3.63) is 47.5 Å². The van der Waals surface area contributed by atoms with Gasteiger partial charge in [-0.25, -0.2) is 14.4 Å². The van der Waals surface area contributed by atoms with Gasteiger partial charge in [-0.15, -0.1) is 0 Å². The summed E-state index contributed by atoms with van der Waals surface area (Å²) < 4.78 is 4.85. The van der Waals surface area contributed by atoms with E-state index in [0.717, 1.165) is 0 Å². The number of carboxylic acid groups (broad SMARTS) is 2. The summed E-state index contributed by atoms with van der Waals surface area (Å²) in [6, 6.07) is 8.21. The Morgan fingerprint density at radius 1 is 1.11 bits per heavy atom. The molecule has 0 spiro atoms. The fraction of sp³-hybridized carbons (Fsp3) is 0.154. The van der Waals surface area contributed by atoms with Crippen LogP contribution in [0.5, 0.6) is 0 Å². The van der Waals surface area contributed by atoms with Crippen molar-refractivity contribution in [2.75, 3.05) is 6.61 Å². The van der Waals surface area contributed by atoms with Crippen LogP contribution in [0.2, 0.25) is 0 Å². The molecule has 0 saturated carbocycles. The Morgan fingerprint density at radius 3 is 2.26 bits per heavy atom. The predicted molar refractivity (Wildman–Crippen MR) is 64.7 cm³/mol. The van der Waals surface area contributed by atoms with Gasteiger partial charge in [0.25, 0.3) is 0 Å². The number of carbonyl (C=O) groups is 3. The maximum absolute atomic E-state index is 11.5. The first-order chi connectivity index (χ1) is 9.00. The van der Waals surface area contributed by atoms with Crippen molar-refractivity contribution >= 4 is 17.9 Å². The quantitative estimate of drug-likeness (QED) is 0.593. The Kier molecular flexibility index (Phi) is 5.28. The molecule has 100 valence electrons. The fourth-order valence-corrected chi connectivity index (χ4v) is 1.30. The van der Waals surface area contributed by atoms with Crippen LogP contribution in [0.25, 0.3) is 0 Å². The van der Waals surface area contributed by atoms with Crippen molar-refractivity contribution < 1.29 is 29.3 Å². The van der Waals surface area contributed by atoms with Gasteiger partial charge >= 0.3 is 17.9 Å². The molecule has 1 rings (SSSR count). The SMILES string of the molecule is O=C(O)/C=C(\CCOC(=O)c1ccccc1)C(=O)O. The molecular weight excluding hydrogens is 252 g/mol. The zero-order chi connectivity index (χ0) is 14.3. The molecule has 0 heterocycles. The van der Waals surface area contributed by atoms with Crippen molar-refractivity contribution in [3.63, 3.8) is 0 Å². The van der Waals surface area contributed by atoms with Crippen LogP contribution in [0.4, 0.5) is 0 Å². The monoisotopic (exact) mass is 264 g/mol. The molecule has 1 aromatic carbocycles. The van der Waals surface area contributed by atoms with Gasteiger partial charge in [-0.05, 0) is 12.1 Å². The Hall–Kier alpha value is -2.63. The van der Waals surface area contributed by atoms with Crippen molar-refractivity contribution in [1.29, 1.82) is 0 Å². The third-order valence-electron chi connectivity index (χ3n) is 2.19. The summed E-state index contributed by atoms with van der Waals surface area (Å²) in [7, 11) is 0. The molecule has 0 saturated heterocycles. The molecule has 0 radical (unpaired) electrons. The van der Waals surface area contributed by atoms with E-state index in [1.807, 2.05) is 0 Å². The number of benzene rings is 1. The number of ether oxygens (including phenoxy) is 1. The van der Waals surface area contributed by atoms with Gasteiger partial charge in [0.2, 0.25) is 0 Å². The van der Waals surface area contributed by atoms with E-state index in [1.54, 1.807) is 30.3 Å². The Bertz CT molecular complexity index is 503. The van der Waals surface area contributed by atoms with E-state index >= 15 is 0 Å². The molecule has 0 aliphatic carbocycles. The number of rotatable bonds is 6. The van der Waals surface area contributed by atoms with Gasteiger partial charge in [-0.3, -0.25) is 0 Å². The van der Waals surface area contributed by atoms with Crippen molar-refractivity contribution in [3.8, 4) is 0 Å². The van der Waals surface area contributed by atoms with Crippen LogP contribution in [0.1, 0.15) is 16.8 Å². The lowest BCUT2D eigenvalue weighted by Crippen LogP contribution is -2.11. The molecule has 19 heavy (non-hydrogen) atoms. The Morgan fingerprint density at radius 2 is 1.74 bits per heavy atom. The number of aliphatic carboxylic acids is 2. The van der Waals surface area contributed by atoms with Crippen LogP contribution >= 0.6 is 0 Å². The summed E-state index contributed by atoms with van der Waals surface area (Å²) in [5.41, 5.74) is 0.0231. The molecule has 0 fully saturated rings. The largest absolute Gasteiger partial charge is 0.478 e. The fourth-order valence-electron chi connectivity index (χ4n) is 1.30. The van der Waals surface area contributed by atoms with E-state index in [0.29, 0.717) is 11.6 Å². The second-order valence-corrected chi connectivity index (χ2v) is 3.56. The van der Waals surface area contributed by atoms with Gasteiger partial charge < -0.3 is 14.9 Å². The summed E-state index contributed by atoms with van der Waals surface area (Å²) in [5.74, 6) is -3.29. The van der Waals surface area contributed by atoms with Crippen molar-refractivity contribution in [1.82, 2.24) is 0 Å². The molecule has 6 nitrogen and oxygen atoms in total. The highest BCUT2D eigenvalue weighted by Gasteiger charge is 2.11. The van der Waals surface area contributed by atoms with E-state index in [4.69, 9.17) is 14.9 Å². The average Bonchev–Trinajstić information content (AvgIpc) is 2.37. The van der Waals surface area contributed by atoms with Crippen molar-refractivity contribution in [2.45, 2.75) is 6.42 Å². The first kappa shape index (κ1) is 14.4. The number of hydrogen-bond acceptors (Lipinski definition) is 4. The maximum atomic E-state index is 11.5. The van der Waals surface area contributed by atoms with Gasteiger partial charge in [0.05, 0.1) is 12.2 Å². The molecule has 0 aliphatic rings. The van der Waals surface area contributed by atoms with E-state index in [-0.39, 0.29) is 18.6 Å². The van der Waals surface area contributed by atoms with E-state index in [2.05, 4.69) is 0 Å². The zero-order valence-electron chi connectivity index (χ0n) is 9.91. The minimum Gasteiger partial charge on any atom is -0.478 e. The number of carbonyl (C=O) groups excluding carboxylic acids is 1. The third kappa shape index (κ3) is 5.03. The predicted octanol–water partition coefficient (Wildman–Crippen LogP) is 1.33. The first-order valence-corrected chi connectivity index (χ1v) is 5.39. The smallest absolute Gasteiger partial charge is 0.338 e. The third-order valence-corrected chi connectivity index (χ3v) is 2.19. The second kappa shape index (κ2) is 6.95. The molecular formula is C13H12O6. The van der Waals surface area contributed by atoms with Gasteiger partial charge in [0.1, 0.15) is 0 Å². The van der Waals surface area contributed by atoms with Crippen molar-refractivity contribution in [2.24, 2.45) is 0 Å². The summed E-state index contributed by atoms with van der Waals surface area (Å²) in [4.78, 5) is 32.6. The van der Waals surface area contributed by atoms with Crippen LogP contribution < -0.4 is 0 Å². The van der Waals surface area contributed by atoms with E-state index in [9.17, 15) is 14.4 Å². The minimum absolute atomic E-state index is 0.166. The number of esters is 1. The minimum atomic E-state index is -1.35. The van der Waals surface area contributed by atoms with Crippen LogP contribution in [-0.2, 0) is 14.3 Å². The second-order valence-electron chi connectivity index (χ2n) is 3.56. The van der Waals surface area contributed by atoms with Gasteiger partial charge in [0.15, 0.2) is 0 Å². The van der Waals surface area contributed by atoms with Crippen LogP contribution in [-0.4, -0.2) is 34.7 Å². The molecule has 0 atom stereocenters. The number of carboxylic acids is 2. The van der Waals surface area contributed by atoms with E-state index in [1.165, 1.54) is 0 Å². The molecule has 0 bridgehead atoms. The highest BCUT2D eigenvalue weighted by atomic mass is 16.5. The van der Waals surface area contributed by atoms with Gasteiger partial charge in [-0.2, -0.15) is 0 Å². The lowest BCUT2D eigenvalue weighted by molar-refractivity contribution is -0.135. The lowest BCUT2D eigenvalue weighted by Gasteiger charge is -2.05. The highest BCUT2D eigenvalue weighted by Crippen LogP contribution is 2.05. The lowest BCUT2D eigenvalue weighted by atomic mass is 10.2. The van der Waals surface area contributed by atoms with E-state index < -0.39 is 17.9 Å². The van der Waals surface area contributed by atoms with Crippen LogP contribution in [0, 0.1) is 0 Å². The summed E-state index contributed by atoms with van der Waals surface area (Å²) >= 11 is 0. The molecule has 0 unspecified atom stereocenters. The Labute approximate surface area is 108 Å². The summed E-state index contributed by atoms with van der Waals surface area (Å²) in [5, 5.41) is 17.2. The maximum Gasteiger partial charge on any atom is 0.338 e. The highest BCUT2D eigenvalue weighted by molar-refractivity contribution is 5.94. The normalized spacial score (nSPS) is 10.8. The Balaban J connectivity index is 2.52. The average molecular weight is 264 g/mol. The number of hydrogen-bond donors (Lipinski definition) is 2. The molecule has 1 aromatic rings. The molecule has 2 N–H and O–H groups in total. The standard InChI is InChI=1S/C13H12O6/c14-11(15)8-10(12(16)17)6-7-19-13(18)9-4-2-1-3-5-9/h1-5,8H,6-7H2,(H,14,15)(H,16,17)/b10-8+. The topological polar surface area (TPSA) is 101 Å². The summed E-state index contributed by atoms with van der Waals surface area (Å²) in [6.07, 6.45) is 0.416. The zero-order valence-corrected chi connectivity index (χ0v) is 9.91.